The Morgan fingerprint density at radius 3 is 2.50 bits per heavy atom. The fourth-order valence-corrected chi connectivity index (χ4v) is 2.25. The standard InChI is InChI=1S/C13H15F3N2O2/c14-13(15,16)10-3-1-9(2-4-10)11-5-8-20-12(19)18(11)7-6-17/h1-4,11H,5-8,17H2. The molecule has 1 aliphatic heterocycles. The molecule has 0 radical (unpaired) electrons. The molecule has 110 valence electrons. The maximum Gasteiger partial charge on any atom is 0.416 e. The molecule has 1 unspecified atom stereocenters. The minimum absolute atomic E-state index is 0.256. The number of carbonyl (C=O) groups is 1. The summed E-state index contributed by atoms with van der Waals surface area (Å²) >= 11 is 0. The van der Waals surface area contributed by atoms with Gasteiger partial charge in [0.1, 0.15) is 0 Å². The van der Waals surface area contributed by atoms with Crippen LogP contribution in [0.1, 0.15) is 23.6 Å². The highest BCUT2D eigenvalue weighted by molar-refractivity contribution is 5.69. The lowest BCUT2D eigenvalue weighted by Gasteiger charge is -2.35. The van der Waals surface area contributed by atoms with Crippen LogP contribution in [0.4, 0.5) is 18.0 Å². The highest BCUT2D eigenvalue weighted by atomic mass is 19.4. The molecule has 1 saturated heterocycles. The average Bonchev–Trinajstić information content (AvgIpc) is 2.40. The van der Waals surface area contributed by atoms with Crippen molar-refractivity contribution in [2.45, 2.75) is 18.6 Å². The van der Waals surface area contributed by atoms with E-state index in [1.165, 1.54) is 17.0 Å². The quantitative estimate of drug-likeness (QED) is 0.930. The highest BCUT2D eigenvalue weighted by Gasteiger charge is 2.33. The number of nitrogens with two attached hydrogens (primary N) is 1. The summed E-state index contributed by atoms with van der Waals surface area (Å²) in [6.45, 7) is 0.836. The summed E-state index contributed by atoms with van der Waals surface area (Å²) in [6.07, 6.45) is -4.30. The van der Waals surface area contributed by atoms with E-state index >= 15 is 0 Å². The fraction of sp³-hybridized carbons (Fsp3) is 0.462. The van der Waals surface area contributed by atoms with Gasteiger partial charge in [0.15, 0.2) is 0 Å². The van der Waals surface area contributed by atoms with Crippen molar-refractivity contribution in [1.82, 2.24) is 4.90 Å². The van der Waals surface area contributed by atoms with Crippen LogP contribution in [0.3, 0.4) is 0 Å². The van der Waals surface area contributed by atoms with Crippen LogP contribution in [-0.2, 0) is 10.9 Å². The van der Waals surface area contributed by atoms with E-state index in [1.807, 2.05) is 0 Å². The van der Waals surface area contributed by atoms with Gasteiger partial charge in [-0.3, -0.25) is 4.90 Å². The monoisotopic (exact) mass is 288 g/mol. The minimum atomic E-state index is -4.36. The Hall–Kier alpha value is -1.76. The molecule has 0 aliphatic carbocycles. The zero-order chi connectivity index (χ0) is 14.8. The van der Waals surface area contributed by atoms with Crippen molar-refractivity contribution >= 4 is 6.09 Å². The van der Waals surface area contributed by atoms with Crippen molar-refractivity contribution in [2.24, 2.45) is 5.73 Å². The lowest BCUT2D eigenvalue weighted by Crippen LogP contribution is -2.43. The topological polar surface area (TPSA) is 55.6 Å². The molecule has 1 atom stereocenters. The number of alkyl halides is 3. The van der Waals surface area contributed by atoms with Gasteiger partial charge in [0.05, 0.1) is 18.2 Å². The Labute approximate surface area is 114 Å². The van der Waals surface area contributed by atoms with Gasteiger partial charge in [0.25, 0.3) is 0 Å². The summed E-state index contributed by atoms with van der Waals surface area (Å²) in [6, 6.07) is 4.55. The molecule has 7 heteroatoms. The Bertz CT molecular complexity index is 473. The first kappa shape index (κ1) is 14.6. The number of nitrogens with zero attached hydrogens (tertiary/aromatic N) is 1. The van der Waals surface area contributed by atoms with Crippen LogP contribution in [0.25, 0.3) is 0 Å². The maximum atomic E-state index is 12.5. The number of ether oxygens (including phenoxy) is 1. The third-order valence-electron chi connectivity index (χ3n) is 3.22. The molecule has 4 nitrogen and oxygen atoms in total. The van der Waals surface area contributed by atoms with Gasteiger partial charge < -0.3 is 10.5 Å². The van der Waals surface area contributed by atoms with Crippen LogP contribution in [-0.4, -0.2) is 30.7 Å². The van der Waals surface area contributed by atoms with E-state index in [-0.39, 0.29) is 19.2 Å². The minimum Gasteiger partial charge on any atom is -0.449 e. The molecule has 0 saturated carbocycles. The molecule has 2 N–H and O–H groups in total. The van der Waals surface area contributed by atoms with E-state index in [9.17, 15) is 18.0 Å². The molecule has 2 rings (SSSR count). The number of hydrogen-bond donors (Lipinski definition) is 1. The summed E-state index contributed by atoms with van der Waals surface area (Å²) in [5, 5.41) is 0. The molecule has 1 fully saturated rings. The van der Waals surface area contributed by atoms with Crippen LogP contribution < -0.4 is 5.73 Å². The molecular formula is C13H15F3N2O2. The molecule has 1 aliphatic rings. The average molecular weight is 288 g/mol. The van der Waals surface area contributed by atoms with Gasteiger partial charge in [-0.15, -0.1) is 0 Å². The summed E-state index contributed by atoms with van der Waals surface area (Å²) in [5.41, 5.74) is 5.40. The molecule has 1 heterocycles. The Morgan fingerprint density at radius 2 is 1.95 bits per heavy atom. The normalized spacial score (nSPS) is 19.9. The van der Waals surface area contributed by atoms with Gasteiger partial charge in [-0.1, -0.05) is 12.1 Å². The third kappa shape index (κ3) is 3.04. The highest BCUT2D eigenvalue weighted by Crippen LogP contribution is 2.32. The van der Waals surface area contributed by atoms with Crippen molar-refractivity contribution in [3.63, 3.8) is 0 Å². The molecule has 0 spiro atoms. The molecule has 0 aromatic heterocycles. The van der Waals surface area contributed by atoms with E-state index in [2.05, 4.69) is 0 Å². The van der Waals surface area contributed by atoms with Gasteiger partial charge in [-0.2, -0.15) is 13.2 Å². The summed E-state index contributed by atoms with van der Waals surface area (Å²) in [5.74, 6) is 0. The predicted molar refractivity (Wildman–Crippen MR) is 65.9 cm³/mol. The van der Waals surface area contributed by atoms with Crippen LogP contribution in [0.5, 0.6) is 0 Å². The molecule has 1 amide bonds. The smallest absolute Gasteiger partial charge is 0.416 e. The van der Waals surface area contributed by atoms with Crippen molar-refractivity contribution < 1.29 is 22.7 Å². The van der Waals surface area contributed by atoms with Crippen LogP contribution in [0.15, 0.2) is 24.3 Å². The zero-order valence-corrected chi connectivity index (χ0v) is 10.7. The second-order valence-electron chi connectivity index (χ2n) is 4.52. The molecule has 1 aromatic carbocycles. The van der Waals surface area contributed by atoms with Crippen LogP contribution in [0, 0.1) is 0 Å². The number of halogens is 3. The number of hydrogen-bond acceptors (Lipinski definition) is 3. The number of benzene rings is 1. The van der Waals surface area contributed by atoms with Crippen LogP contribution in [0.2, 0.25) is 0 Å². The molecular weight excluding hydrogens is 273 g/mol. The zero-order valence-electron chi connectivity index (χ0n) is 10.7. The first-order chi connectivity index (χ1) is 9.43. The van der Waals surface area contributed by atoms with Gasteiger partial charge in [-0.25, -0.2) is 4.79 Å². The van der Waals surface area contributed by atoms with E-state index in [0.29, 0.717) is 18.5 Å². The van der Waals surface area contributed by atoms with Gasteiger partial charge in [0, 0.05) is 19.5 Å². The Balaban J connectivity index is 2.22. The Morgan fingerprint density at radius 1 is 1.30 bits per heavy atom. The number of amides is 1. The van der Waals surface area contributed by atoms with Crippen molar-refractivity contribution in [3.8, 4) is 0 Å². The molecule has 1 aromatic rings. The lowest BCUT2D eigenvalue weighted by atomic mass is 10.00. The van der Waals surface area contributed by atoms with E-state index in [1.54, 1.807) is 0 Å². The van der Waals surface area contributed by atoms with Gasteiger partial charge in [0.2, 0.25) is 0 Å². The number of cyclic esters (lactones) is 1. The second kappa shape index (κ2) is 5.70. The second-order valence-corrected chi connectivity index (χ2v) is 4.52. The summed E-state index contributed by atoms with van der Waals surface area (Å²) in [7, 11) is 0. The third-order valence-corrected chi connectivity index (χ3v) is 3.22. The van der Waals surface area contributed by atoms with E-state index in [4.69, 9.17) is 10.5 Å². The van der Waals surface area contributed by atoms with Crippen molar-refractivity contribution in [3.05, 3.63) is 35.4 Å². The van der Waals surface area contributed by atoms with Crippen LogP contribution >= 0.6 is 0 Å². The predicted octanol–water partition coefficient (Wildman–Crippen LogP) is 2.55. The Kier molecular flexibility index (Phi) is 4.17. The van der Waals surface area contributed by atoms with Gasteiger partial charge >= 0.3 is 12.3 Å². The van der Waals surface area contributed by atoms with Crippen molar-refractivity contribution in [2.75, 3.05) is 19.7 Å². The first-order valence-electron chi connectivity index (χ1n) is 6.24. The first-order valence-corrected chi connectivity index (χ1v) is 6.24. The molecule has 0 bridgehead atoms. The van der Waals surface area contributed by atoms with Crippen molar-refractivity contribution in [1.29, 1.82) is 0 Å². The van der Waals surface area contributed by atoms with E-state index < -0.39 is 17.8 Å². The summed E-state index contributed by atoms with van der Waals surface area (Å²) in [4.78, 5) is 13.1. The number of rotatable bonds is 3. The maximum absolute atomic E-state index is 12.5. The number of carbonyl (C=O) groups excluding carboxylic acids is 1. The molecule has 20 heavy (non-hydrogen) atoms. The fourth-order valence-electron chi connectivity index (χ4n) is 2.25. The van der Waals surface area contributed by atoms with Gasteiger partial charge in [-0.05, 0) is 17.7 Å². The summed E-state index contributed by atoms with van der Waals surface area (Å²) < 4.78 is 42.5. The lowest BCUT2D eigenvalue weighted by molar-refractivity contribution is -0.137. The van der Waals surface area contributed by atoms with E-state index in [0.717, 1.165) is 12.1 Å². The largest absolute Gasteiger partial charge is 0.449 e. The SMILES string of the molecule is NCCN1C(=O)OCCC1c1ccc(C(F)(F)F)cc1.